The van der Waals surface area contributed by atoms with Crippen LogP contribution >= 0.6 is 15.9 Å². The van der Waals surface area contributed by atoms with Gasteiger partial charge in [0.15, 0.2) is 0 Å². The van der Waals surface area contributed by atoms with Crippen LogP contribution in [-0.2, 0) is 4.74 Å². The molecule has 0 bridgehead atoms. The van der Waals surface area contributed by atoms with E-state index in [4.69, 9.17) is 9.15 Å². The molecule has 0 aliphatic carbocycles. The average molecular weight is 312 g/mol. The predicted octanol–water partition coefficient (Wildman–Crippen LogP) is 2.94. The first kappa shape index (κ1) is 13.0. The van der Waals surface area contributed by atoms with Crippen molar-refractivity contribution in [2.75, 3.05) is 19.0 Å². The van der Waals surface area contributed by atoms with Crippen molar-refractivity contribution in [1.82, 2.24) is 9.97 Å². The lowest BCUT2D eigenvalue weighted by Gasteiger charge is -2.15. The van der Waals surface area contributed by atoms with Gasteiger partial charge in [0, 0.05) is 19.5 Å². The van der Waals surface area contributed by atoms with Gasteiger partial charge >= 0.3 is 0 Å². The number of furan rings is 1. The molecule has 1 N–H and O–H groups in total. The molecule has 0 fully saturated rings. The molecule has 2 aromatic heterocycles. The molecule has 1 unspecified atom stereocenters. The summed E-state index contributed by atoms with van der Waals surface area (Å²) >= 11 is 3.29. The monoisotopic (exact) mass is 311 g/mol. The molecule has 0 saturated heterocycles. The molecule has 18 heavy (non-hydrogen) atoms. The molecule has 0 aliphatic rings. The molecule has 0 aliphatic heterocycles. The number of aromatic nitrogens is 2. The van der Waals surface area contributed by atoms with Crippen LogP contribution in [0.1, 0.15) is 17.6 Å². The van der Waals surface area contributed by atoms with Crippen LogP contribution in [0.4, 0.5) is 5.95 Å². The molecular formula is C12H14BrN3O2. The minimum atomic E-state index is -0.107. The zero-order valence-electron chi connectivity index (χ0n) is 10.2. The van der Waals surface area contributed by atoms with Crippen molar-refractivity contribution in [3.63, 3.8) is 0 Å². The summed E-state index contributed by atoms with van der Waals surface area (Å²) in [5.74, 6) is 2.21. The largest absolute Gasteiger partial charge is 0.464 e. The Labute approximate surface area is 114 Å². The van der Waals surface area contributed by atoms with Crippen LogP contribution in [0, 0.1) is 6.92 Å². The highest BCUT2D eigenvalue weighted by Gasteiger charge is 2.16. The fourth-order valence-corrected chi connectivity index (χ4v) is 1.75. The maximum Gasteiger partial charge on any atom is 0.223 e. The third-order valence-corrected chi connectivity index (χ3v) is 2.77. The Bertz CT molecular complexity index is 498. The Balaban J connectivity index is 2.13. The topological polar surface area (TPSA) is 60.2 Å². The highest BCUT2D eigenvalue weighted by atomic mass is 79.9. The second-order valence-electron chi connectivity index (χ2n) is 3.83. The van der Waals surface area contributed by atoms with Gasteiger partial charge in [0.25, 0.3) is 0 Å². The van der Waals surface area contributed by atoms with Crippen molar-refractivity contribution in [1.29, 1.82) is 0 Å². The number of anilines is 1. The maximum absolute atomic E-state index is 5.59. The second-order valence-corrected chi connectivity index (χ2v) is 4.74. The van der Waals surface area contributed by atoms with Gasteiger partial charge in [-0.15, -0.1) is 0 Å². The van der Waals surface area contributed by atoms with Crippen LogP contribution in [0.25, 0.3) is 0 Å². The van der Waals surface area contributed by atoms with E-state index in [-0.39, 0.29) is 6.04 Å². The molecule has 6 heteroatoms. The molecule has 1 atom stereocenters. The third-order valence-electron chi connectivity index (χ3n) is 2.36. The lowest BCUT2D eigenvalue weighted by Crippen LogP contribution is -2.17. The number of aryl methyl sites for hydroxylation is 1. The average Bonchev–Trinajstić information content (AvgIpc) is 2.78. The predicted molar refractivity (Wildman–Crippen MR) is 71.4 cm³/mol. The van der Waals surface area contributed by atoms with Crippen LogP contribution in [0.2, 0.25) is 0 Å². The van der Waals surface area contributed by atoms with E-state index in [1.807, 2.05) is 19.1 Å². The van der Waals surface area contributed by atoms with Crippen molar-refractivity contribution in [3.8, 4) is 0 Å². The molecule has 5 nitrogen and oxygen atoms in total. The first-order chi connectivity index (χ1) is 8.69. The van der Waals surface area contributed by atoms with E-state index < -0.39 is 0 Å². The van der Waals surface area contributed by atoms with Crippen LogP contribution in [0.5, 0.6) is 0 Å². The van der Waals surface area contributed by atoms with Crippen molar-refractivity contribution in [2.45, 2.75) is 13.0 Å². The number of hydrogen-bond acceptors (Lipinski definition) is 5. The molecule has 96 valence electrons. The molecule has 0 amide bonds. The van der Waals surface area contributed by atoms with Gasteiger partial charge in [0.2, 0.25) is 5.95 Å². The number of rotatable bonds is 5. The Hall–Kier alpha value is -1.40. The lowest BCUT2D eigenvalue weighted by atomic mass is 10.2. The Morgan fingerprint density at radius 2 is 2.11 bits per heavy atom. The molecule has 0 saturated carbocycles. The summed E-state index contributed by atoms with van der Waals surface area (Å²) in [6.07, 6.45) is 3.37. The van der Waals surface area contributed by atoms with Gasteiger partial charge in [-0.1, -0.05) is 0 Å². The minimum absolute atomic E-state index is 0.107. The number of nitrogens with zero attached hydrogens (tertiary/aromatic N) is 2. The van der Waals surface area contributed by atoms with Gasteiger partial charge in [-0.2, -0.15) is 0 Å². The van der Waals surface area contributed by atoms with Gasteiger partial charge in [0.05, 0.1) is 11.1 Å². The minimum Gasteiger partial charge on any atom is -0.464 e. The molecule has 0 radical (unpaired) electrons. The van der Waals surface area contributed by atoms with Gasteiger partial charge in [-0.25, -0.2) is 9.97 Å². The van der Waals surface area contributed by atoms with Crippen LogP contribution in [-0.4, -0.2) is 23.7 Å². The van der Waals surface area contributed by atoms with E-state index in [9.17, 15) is 0 Å². The second kappa shape index (κ2) is 5.97. The van der Waals surface area contributed by atoms with Gasteiger partial charge < -0.3 is 14.5 Å². The van der Waals surface area contributed by atoms with E-state index in [2.05, 4.69) is 31.2 Å². The summed E-state index contributed by atoms with van der Waals surface area (Å²) in [5, 5.41) is 3.17. The summed E-state index contributed by atoms with van der Waals surface area (Å²) < 4.78 is 11.6. The summed E-state index contributed by atoms with van der Waals surface area (Å²) in [4.78, 5) is 8.33. The summed E-state index contributed by atoms with van der Waals surface area (Å²) in [7, 11) is 1.65. The van der Waals surface area contributed by atoms with E-state index in [0.717, 1.165) is 16.0 Å². The third kappa shape index (κ3) is 3.30. The maximum atomic E-state index is 5.59. The van der Waals surface area contributed by atoms with Crippen LogP contribution < -0.4 is 5.32 Å². The van der Waals surface area contributed by atoms with E-state index >= 15 is 0 Å². The smallest absolute Gasteiger partial charge is 0.223 e. The molecule has 2 aromatic rings. The van der Waals surface area contributed by atoms with Gasteiger partial charge in [-0.05, 0) is 35.0 Å². The van der Waals surface area contributed by atoms with Gasteiger partial charge in [-0.3, -0.25) is 0 Å². The number of halogens is 1. The van der Waals surface area contributed by atoms with E-state index in [1.54, 1.807) is 19.5 Å². The van der Waals surface area contributed by atoms with E-state index in [0.29, 0.717) is 12.6 Å². The highest BCUT2D eigenvalue weighted by molar-refractivity contribution is 9.10. The fourth-order valence-electron chi connectivity index (χ4n) is 1.54. The Morgan fingerprint density at radius 1 is 1.39 bits per heavy atom. The number of methoxy groups -OCH3 is 1. The Kier molecular flexibility index (Phi) is 4.33. The fraction of sp³-hybridized carbons (Fsp3) is 0.333. The lowest BCUT2D eigenvalue weighted by molar-refractivity contribution is 0.178. The first-order valence-electron chi connectivity index (χ1n) is 5.48. The van der Waals surface area contributed by atoms with Crippen molar-refractivity contribution in [2.24, 2.45) is 0 Å². The SMILES string of the molecule is COCC(Nc1ncc(Br)cn1)c1ccc(C)o1. The zero-order chi connectivity index (χ0) is 13.0. The molecule has 2 heterocycles. The van der Waals surface area contributed by atoms with Crippen molar-refractivity contribution >= 4 is 21.9 Å². The van der Waals surface area contributed by atoms with Crippen LogP contribution in [0.3, 0.4) is 0 Å². The number of nitrogens with one attached hydrogen (secondary N) is 1. The van der Waals surface area contributed by atoms with E-state index in [1.165, 1.54) is 0 Å². The molecule has 0 spiro atoms. The highest BCUT2D eigenvalue weighted by Crippen LogP contribution is 2.20. The van der Waals surface area contributed by atoms with Gasteiger partial charge in [0.1, 0.15) is 17.6 Å². The zero-order valence-corrected chi connectivity index (χ0v) is 11.8. The summed E-state index contributed by atoms with van der Waals surface area (Å²) in [6, 6.07) is 3.73. The molecule has 2 rings (SSSR count). The number of hydrogen-bond donors (Lipinski definition) is 1. The standard InChI is InChI=1S/C12H14BrN3O2/c1-8-3-4-11(18-8)10(7-17-2)16-12-14-5-9(13)6-15-12/h3-6,10H,7H2,1-2H3,(H,14,15,16). The molecular weight excluding hydrogens is 298 g/mol. The Morgan fingerprint density at radius 3 is 2.67 bits per heavy atom. The number of ether oxygens (including phenoxy) is 1. The van der Waals surface area contributed by atoms with Crippen molar-refractivity contribution < 1.29 is 9.15 Å². The molecule has 0 aromatic carbocycles. The first-order valence-corrected chi connectivity index (χ1v) is 6.27. The van der Waals surface area contributed by atoms with Crippen molar-refractivity contribution in [3.05, 3.63) is 40.5 Å². The summed E-state index contributed by atoms with van der Waals surface area (Å²) in [6.45, 7) is 2.38. The quantitative estimate of drug-likeness (QED) is 0.920. The normalized spacial score (nSPS) is 12.4. The summed E-state index contributed by atoms with van der Waals surface area (Å²) in [5.41, 5.74) is 0. The van der Waals surface area contributed by atoms with Crippen LogP contribution in [0.15, 0.2) is 33.4 Å².